The zero-order valence-electron chi connectivity index (χ0n) is 9.44. The molecule has 2 unspecified atom stereocenters. The summed E-state index contributed by atoms with van der Waals surface area (Å²) in [5.41, 5.74) is 0.988. The molecule has 0 aromatic carbocycles. The predicted octanol–water partition coefficient (Wildman–Crippen LogP) is 1.25. The Labute approximate surface area is 90.6 Å². The summed E-state index contributed by atoms with van der Waals surface area (Å²) in [5.74, 6) is 0. The topological polar surface area (TPSA) is 41.3 Å². The molecule has 4 heteroatoms. The van der Waals surface area contributed by atoms with E-state index < -0.39 is 0 Å². The van der Waals surface area contributed by atoms with Crippen molar-refractivity contribution in [1.29, 1.82) is 0 Å². The van der Waals surface area contributed by atoms with Gasteiger partial charge < -0.3 is 14.7 Å². The van der Waals surface area contributed by atoms with Crippen molar-refractivity contribution in [2.45, 2.75) is 38.4 Å². The van der Waals surface area contributed by atoms with E-state index >= 15 is 0 Å². The van der Waals surface area contributed by atoms with Crippen molar-refractivity contribution in [3.05, 3.63) is 18.0 Å². The lowest BCUT2D eigenvalue weighted by atomic mass is 9.99. The second-order valence-electron chi connectivity index (χ2n) is 4.42. The Hall–Kier alpha value is -0.870. The van der Waals surface area contributed by atoms with Gasteiger partial charge in [-0.1, -0.05) is 5.16 Å². The van der Waals surface area contributed by atoms with Gasteiger partial charge in [-0.2, -0.15) is 0 Å². The smallest absolute Gasteiger partial charge is 0.124 e. The van der Waals surface area contributed by atoms with Gasteiger partial charge in [0.15, 0.2) is 0 Å². The molecule has 84 valence electrons. The number of nitrogens with one attached hydrogen (secondary N) is 1. The Morgan fingerprint density at radius 3 is 3.20 bits per heavy atom. The molecule has 0 saturated carbocycles. The Balaban J connectivity index is 1.76. The highest BCUT2D eigenvalue weighted by atomic mass is 16.5. The van der Waals surface area contributed by atoms with E-state index in [1.807, 2.05) is 6.07 Å². The molecule has 2 atom stereocenters. The van der Waals surface area contributed by atoms with Gasteiger partial charge in [0.25, 0.3) is 0 Å². The maximum Gasteiger partial charge on any atom is 0.124 e. The number of likely N-dealkylation sites (tertiary alicyclic amines) is 1. The summed E-state index contributed by atoms with van der Waals surface area (Å²) in [5, 5.41) is 7.41. The summed E-state index contributed by atoms with van der Waals surface area (Å²) < 4.78 is 4.79. The van der Waals surface area contributed by atoms with Crippen LogP contribution in [0.3, 0.4) is 0 Å². The van der Waals surface area contributed by atoms with Crippen LogP contribution in [0.1, 0.15) is 25.5 Å². The van der Waals surface area contributed by atoms with Gasteiger partial charge in [-0.25, -0.2) is 0 Å². The maximum atomic E-state index is 4.79. The number of hydrogen-bond acceptors (Lipinski definition) is 4. The van der Waals surface area contributed by atoms with Crippen molar-refractivity contribution in [2.24, 2.45) is 0 Å². The summed E-state index contributed by atoms with van der Waals surface area (Å²) in [7, 11) is 2.19. The van der Waals surface area contributed by atoms with Crippen molar-refractivity contribution in [2.75, 3.05) is 13.6 Å². The van der Waals surface area contributed by atoms with E-state index in [1.165, 1.54) is 19.4 Å². The second-order valence-corrected chi connectivity index (χ2v) is 4.42. The summed E-state index contributed by atoms with van der Waals surface area (Å²) >= 11 is 0. The van der Waals surface area contributed by atoms with Gasteiger partial charge in [-0.05, 0) is 33.4 Å². The third-order valence-electron chi connectivity index (χ3n) is 3.27. The summed E-state index contributed by atoms with van der Waals surface area (Å²) in [6.45, 7) is 4.28. The van der Waals surface area contributed by atoms with Crippen LogP contribution in [-0.2, 0) is 6.54 Å². The molecular formula is C11H19N3O. The highest BCUT2D eigenvalue weighted by molar-refractivity contribution is 4.95. The summed E-state index contributed by atoms with van der Waals surface area (Å²) in [4.78, 5) is 2.41. The lowest BCUT2D eigenvalue weighted by molar-refractivity contribution is 0.167. The van der Waals surface area contributed by atoms with Crippen LogP contribution in [0.15, 0.2) is 16.9 Å². The minimum Gasteiger partial charge on any atom is -0.364 e. The molecule has 2 heterocycles. The fourth-order valence-electron chi connectivity index (χ4n) is 2.05. The maximum absolute atomic E-state index is 4.79. The SMILES string of the molecule is CC1CC(NCc2ccon2)CCN1C. The molecule has 1 N–H and O–H groups in total. The standard InChI is InChI=1S/C11H19N3O/c1-9-7-10(3-5-14(9)2)12-8-11-4-6-15-13-11/h4,6,9-10,12H,3,5,7-8H2,1-2H3. The zero-order chi connectivity index (χ0) is 10.7. The Kier molecular flexibility index (Phi) is 3.38. The lowest BCUT2D eigenvalue weighted by Crippen LogP contribution is -2.45. The van der Waals surface area contributed by atoms with Gasteiger partial charge in [0.2, 0.25) is 0 Å². The first kappa shape index (κ1) is 10.6. The molecule has 0 spiro atoms. The van der Waals surface area contributed by atoms with Gasteiger partial charge in [-0.3, -0.25) is 0 Å². The second kappa shape index (κ2) is 4.77. The molecule has 4 nitrogen and oxygen atoms in total. The van der Waals surface area contributed by atoms with Gasteiger partial charge in [0.05, 0.1) is 5.69 Å². The molecule has 1 fully saturated rings. The van der Waals surface area contributed by atoms with Crippen molar-refractivity contribution in [3.8, 4) is 0 Å². The largest absolute Gasteiger partial charge is 0.364 e. The molecule has 1 aromatic heterocycles. The van der Waals surface area contributed by atoms with Crippen LogP contribution < -0.4 is 5.32 Å². The Morgan fingerprint density at radius 2 is 2.53 bits per heavy atom. The van der Waals surface area contributed by atoms with E-state index in [2.05, 4.69) is 29.3 Å². The molecule has 1 saturated heterocycles. The van der Waals surface area contributed by atoms with Crippen LogP contribution in [0.2, 0.25) is 0 Å². The van der Waals surface area contributed by atoms with Gasteiger partial charge in [0, 0.05) is 24.7 Å². The van der Waals surface area contributed by atoms with Crippen molar-refractivity contribution < 1.29 is 4.52 Å². The average Bonchev–Trinajstić information content (AvgIpc) is 2.73. The highest BCUT2D eigenvalue weighted by Crippen LogP contribution is 2.15. The number of rotatable bonds is 3. The van der Waals surface area contributed by atoms with Crippen LogP contribution in [0.5, 0.6) is 0 Å². The third-order valence-corrected chi connectivity index (χ3v) is 3.27. The molecule has 15 heavy (non-hydrogen) atoms. The van der Waals surface area contributed by atoms with E-state index in [9.17, 15) is 0 Å². The van der Waals surface area contributed by atoms with E-state index in [1.54, 1.807) is 6.26 Å². The number of nitrogens with zero attached hydrogens (tertiary/aromatic N) is 2. The molecule has 1 aromatic rings. The van der Waals surface area contributed by atoms with E-state index in [0.717, 1.165) is 12.2 Å². The Bertz CT molecular complexity index is 286. The molecule has 0 bridgehead atoms. The first-order valence-electron chi connectivity index (χ1n) is 5.58. The summed E-state index contributed by atoms with van der Waals surface area (Å²) in [6, 6.07) is 3.20. The highest BCUT2D eigenvalue weighted by Gasteiger charge is 2.22. The third kappa shape index (κ3) is 2.79. The molecule has 0 radical (unpaired) electrons. The number of piperidine rings is 1. The lowest BCUT2D eigenvalue weighted by Gasteiger charge is -2.35. The minimum atomic E-state index is 0.618. The molecular weight excluding hydrogens is 190 g/mol. The van der Waals surface area contributed by atoms with E-state index in [-0.39, 0.29) is 0 Å². The van der Waals surface area contributed by atoms with Crippen LogP contribution in [0, 0.1) is 0 Å². The van der Waals surface area contributed by atoms with E-state index in [0.29, 0.717) is 12.1 Å². The first-order valence-corrected chi connectivity index (χ1v) is 5.58. The van der Waals surface area contributed by atoms with E-state index in [4.69, 9.17) is 4.52 Å². The van der Waals surface area contributed by atoms with Gasteiger partial charge in [0.1, 0.15) is 6.26 Å². The van der Waals surface area contributed by atoms with Gasteiger partial charge in [-0.15, -0.1) is 0 Å². The molecule has 0 aliphatic carbocycles. The molecule has 1 aliphatic heterocycles. The normalized spacial score (nSPS) is 28.1. The van der Waals surface area contributed by atoms with Crippen LogP contribution >= 0.6 is 0 Å². The monoisotopic (exact) mass is 209 g/mol. The molecule has 0 amide bonds. The van der Waals surface area contributed by atoms with Crippen LogP contribution in [0.4, 0.5) is 0 Å². The minimum absolute atomic E-state index is 0.618. The van der Waals surface area contributed by atoms with Crippen molar-refractivity contribution in [3.63, 3.8) is 0 Å². The molecule has 2 rings (SSSR count). The average molecular weight is 209 g/mol. The van der Waals surface area contributed by atoms with Crippen molar-refractivity contribution >= 4 is 0 Å². The number of aromatic nitrogens is 1. The van der Waals surface area contributed by atoms with Crippen LogP contribution in [0.25, 0.3) is 0 Å². The Morgan fingerprint density at radius 1 is 1.67 bits per heavy atom. The van der Waals surface area contributed by atoms with Gasteiger partial charge >= 0.3 is 0 Å². The quantitative estimate of drug-likeness (QED) is 0.813. The fourth-order valence-corrected chi connectivity index (χ4v) is 2.05. The van der Waals surface area contributed by atoms with Crippen LogP contribution in [-0.4, -0.2) is 35.7 Å². The number of hydrogen-bond donors (Lipinski definition) is 1. The molecule has 1 aliphatic rings. The van der Waals surface area contributed by atoms with Crippen molar-refractivity contribution in [1.82, 2.24) is 15.4 Å². The zero-order valence-corrected chi connectivity index (χ0v) is 9.44. The summed E-state index contributed by atoms with van der Waals surface area (Å²) in [6.07, 6.45) is 4.06. The predicted molar refractivity (Wildman–Crippen MR) is 58.5 cm³/mol. The fraction of sp³-hybridized carbons (Fsp3) is 0.727. The first-order chi connectivity index (χ1) is 7.25.